The zero-order valence-corrected chi connectivity index (χ0v) is 30.9. The molecule has 10 rings (SSSR count). The zero-order chi connectivity index (χ0) is 35.3. The van der Waals surface area contributed by atoms with E-state index in [2.05, 4.69) is 209 Å². The van der Waals surface area contributed by atoms with Crippen LogP contribution in [0.15, 0.2) is 199 Å². The second-order valence-electron chi connectivity index (χ2n) is 13.4. The van der Waals surface area contributed by atoms with E-state index in [-0.39, 0.29) is 0 Å². The van der Waals surface area contributed by atoms with Crippen LogP contribution in [0.1, 0.15) is 0 Å². The van der Waals surface area contributed by atoms with E-state index in [4.69, 9.17) is 4.42 Å². The van der Waals surface area contributed by atoms with E-state index in [0.29, 0.717) is 0 Å². The Morgan fingerprint density at radius 2 is 0.868 bits per heavy atom. The summed E-state index contributed by atoms with van der Waals surface area (Å²) in [7, 11) is 0. The van der Waals surface area contributed by atoms with Crippen molar-refractivity contribution in [1.82, 2.24) is 0 Å². The van der Waals surface area contributed by atoms with Gasteiger partial charge in [-0.2, -0.15) is 0 Å². The molecule has 0 aliphatic rings. The molecule has 10 aromatic rings. The molecule has 0 atom stereocenters. The van der Waals surface area contributed by atoms with Crippen molar-refractivity contribution in [3.05, 3.63) is 198 Å². The number of rotatable bonds is 6. The molecule has 1 heterocycles. The summed E-state index contributed by atoms with van der Waals surface area (Å²) in [6.07, 6.45) is 0. The van der Waals surface area contributed by atoms with E-state index >= 15 is 0 Å². The average Bonchev–Trinajstić information content (AvgIpc) is 3.61. The van der Waals surface area contributed by atoms with E-state index in [1.54, 1.807) is 0 Å². The second kappa shape index (κ2) is 13.1. The zero-order valence-electron chi connectivity index (χ0n) is 28.7. The highest BCUT2D eigenvalue weighted by atomic mass is 127. The minimum Gasteiger partial charge on any atom is -0.455 e. The first-order valence-electron chi connectivity index (χ1n) is 17.9. The third-order valence-electron chi connectivity index (χ3n) is 10.4. The first-order chi connectivity index (χ1) is 26.2. The van der Waals surface area contributed by atoms with Gasteiger partial charge in [0, 0.05) is 36.7 Å². The van der Waals surface area contributed by atoms with Gasteiger partial charge in [0.15, 0.2) is 0 Å². The maximum atomic E-state index is 6.40. The van der Waals surface area contributed by atoms with Crippen molar-refractivity contribution in [2.75, 3.05) is 4.90 Å². The van der Waals surface area contributed by atoms with Gasteiger partial charge in [0.25, 0.3) is 0 Å². The number of halogens is 1. The number of anilines is 3. The SMILES string of the molecule is Ic1cccc2c(N(c3ccc(-c4ccc(-c5cccc6ccccc56)cc4)cc3)c3ccc(-c4cccc5c4oc4ccccc45)cc3)cccc12. The summed E-state index contributed by atoms with van der Waals surface area (Å²) in [5.74, 6) is 0. The van der Waals surface area contributed by atoms with Crippen LogP contribution in [0.2, 0.25) is 0 Å². The number of fused-ring (bicyclic) bond motifs is 5. The molecule has 0 saturated carbocycles. The van der Waals surface area contributed by atoms with Gasteiger partial charge in [0.05, 0.1) is 5.69 Å². The van der Waals surface area contributed by atoms with Crippen LogP contribution in [-0.4, -0.2) is 0 Å². The van der Waals surface area contributed by atoms with Crippen LogP contribution in [0.3, 0.4) is 0 Å². The first-order valence-corrected chi connectivity index (χ1v) is 18.9. The summed E-state index contributed by atoms with van der Waals surface area (Å²) in [6.45, 7) is 0. The molecule has 0 radical (unpaired) electrons. The molecular formula is C50H32INO. The van der Waals surface area contributed by atoms with Crippen molar-refractivity contribution in [1.29, 1.82) is 0 Å². The summed E-state index contributed by atoms with van der Waals surface area (Å²) in [5.41, 5.74) is 12.2. The predicted octanol–water partition coefficient (Wildman–Crippen LogP) is 15.0. The molecule has 0 N–H and O–H groups in total. The van der Waals surface area contributed by atoms with Crippen molar-refractivity contribution in [3.8, 4) is 33.4 Å². The van der Waals surface area contributed by atoms with Gasteiger partial charge < -0.3 is 9.32 Å². The van der Waals surface area contributed by atoms with Crippen molar-refractivity contribution in [2.24, 2.45) is 0 Å². The molecule has 250 valence electrons. The fourth-order valence-electron chi connectivity index (χ4n) is 7.76. The van der Waals surface area contributed by atoms with Gasteiger partial charge in [0.1, 0.15) is 11.2 Å². The molecular weight excluding hydrogens is 757 g/mol. The predicted molar refractivity (Wildman–Crippen MR) is 232 cm³/mol. The molecule has 0 aliphatic carbocycles. The maximum Gasteiger partial charge on any atom is 0.143 e. The van der Waals surface area contributed by atoms with Gasteiger partial charge in [-0.3, -0.25) is 0 Å². The Hall–Kier alpha value is -6.17. The lowest BCUT2D eigenvalue weighted by atomic mass is 9.96. The molecule has 0 aliphatic heterocycles. The molecule has 0 fully saturated rings. The maximum absolute atomic E-state index is 6.40. The van der Waals surface area contributed by atoms with E-state index in [1.807, 2.05) is 12.1 Å². The molecule has 0 saturated heterocycles. The Morgan fingerprint density at radius 1 is 0.358 bits per heavy atom. The standard InChI is InChI=1S/C50H32INO/c51-47-18-7-16-44-43(47)15-8-19-48(44)52(39-31-27-37(28-32-39)42-14-6-17-46-45-12-3-4-20-49(45)53-50(42)46)38-29-25-34(26-30-38)33-21-23-36(24-22-33)41-13-5-10-35-9-1-2-11-40(35)41/h1-32H. The Kier molecular flexibility index (Phi) is 7.80. The number of furan rings is 1. The fraction of sp³-hybridized carbons (Fsp3) is 0. The normalized spacial score (nSPS) is 11.5. The van der Waals surface area contributed by atoms with Crippen LogP contribution in [-0.2, 0) is 0 Å². The molecule has 0 bridgehead atoms. The van der Waals surface area contributed by atoms with Crippen LogP contribution in [0.4, 0.5) is 17.1 Å². The highest BCUT2D eigenvalue weighted by molar-refractivity contribution is 14.1. The molecule has 3 heteroatoms. The highest BCUT2D eigenvalue weighted by Gasteiger charge is 2.18. The van der Waals surface area contributed by atoms with Crippen LogP contribution < -0.4 is 4.90 Å². The molecule has 0 spiro atoms. The van der Waals surface area contributed by atoms with Crippen molar-refractivity contribution < 1.29 is 4.42 Å². The van der Waals surface area contributed by atoms with Gasteiger partial charge in [-0.05, 0) is 109 Å². The van der Waals surface area contributed by atoms with Crippen molar-refractivity contribution in [3.63, 3.8) is 0 Å². The van der Waals surface area contributed by atoms with E-state index in [1.165, 1.54) is 47.4 Å². The van der Waals surface area contributed by atoms with Crippen molar-refractivity contribution >= 4 is 83.1 Å². The Labute approximate surface area is 321 Å². The quantitative estimate of drug-likeness (QED) is 0.156. The van der Waals surface area contributed by atoms with Crippen LogP contribution >= 0.6 is 22.6 Å². The van der Waals surface area contributed by atoms with Gasteiger partial charge >= 0.3 is 0 Å². The number of hydrogen-bond donors (Lipinski definition) is 0. The fourth-order valence-corrected chi connectivity index (χ4v) is 8.44. The van der Waals surface area contributed by atoms with E-state index in [9.17, 15) is 0 Å². The van der Waals surface area contributed by atoms with Crippen LogP contribution in [0.5, 0.6) is 0 Å². The summed E-state index contributed by atoms with van der Waals surface area (Å²) in [5, 5.41) is 7.26. The molecule has 9 aromatic carbocycles. The smallest absolute Gasteiger partial charge is 0.143 e. The topological polar surface area (TPSA) is 16.4 Å². The van der Waals surface area contributed by atoms with Crippen LogP contribution in [0.25, 0.3) is 76.9 Å². The molecule has 0 unspecified atom stereocenters. The number of benzene rings is 9. The summed E-state index contributed by atoms with van der Waals surface area (Å²) in [6, 6.07) is 69.7. The molecule has 2 nitrogen and oxygen atoms in total. The monoisotopic (exact) mass is 789 g/mol. The minimum absolute atomic E-state index is 0.910. The van der Waals surface area contributed by atoms with Crippen molar-refractivity contribution in [2.45, 2.75) is 0 Å². The summed E-state index contributed by atoms with van der Waals surface area (Å²) in [4.78, 5) is 2.37. The Balaban J connectivity index is 1.03. The first kappa shape index (κ1) is 31.6. The largest absolute Gasteiger partial charge is 0.455 e. The third kappa shape index (κ3) is 5.56. The van der Waals surface area contributed by atoms with E-state index < -0.39 is 0 Å². The lowest BCUT2D eigenvalue weighted by Crippen LogP contribution is -2.10. The van der Waals surface area contributed by atoms with Crippen LogP contribution in [0, 0.1) is 3.57 Å². The number of hydrogen-bond acceptors (Lipinski definition) is 2. The number of nitrogens with zero attached hydrogens (tertiary/aromatic N) is 1. The van der Waals surface area contributed by atoms with Gasteiger partial charge in [0.2, 0.25) is 0 Å². The average molecular weight is 790 g/mol. The van der Waals surface area contributed by atoms with E-state index in [0.717, 1.165) is 50.1 Å². The summed E-state index contributed by atoms with van der Waals surface area (Å²) < 4.78 is 7.63. The third-order valence-corrected chi connectivity index (χ3v) is 11.3. The molecule has 0 amide bonds. The molecule has 53 heavy (non-hydrogen) atoms. The second-order valence-corrected chi connectivity index (χ2v) is 14.6. The number of para-hydroxylation sites is 2. The van der Waals surface area contributed by atoms with Gasteiger partial charge in [-0.15, -0.1) is 0 Å². The Morgan fingerprint density at radius 3 is 1.66 bits per heavy atom. The summed E-state index contributed by atoms with van der Waals surface area (Å²) >= 11 is 2.44. The minimum atomic E-state index is 0.910. The van der Waals surface area contributed by atoms with Gasteiger partial charge in [-0.1, -0.05) is 152 Å². The van der Waals surface area contributed by atoms with Gasteiger partial charge in [-0.25, -0.2) is 0 Å². The Bertz CT molecular complexity index is 2940. The lowest BCUT2D eigenvalue weighted by molar-refractivity contribution is 0.670. The highest BCUT2D eigenvalue weighted by Crippen LogP contribution is 2.42. The molecule has 1 aromatic heterocycles. The lowest BCUT2D eigenvalue weighted by Gasteiger charge is -2.27.